The quantitative estimate of drug-likeness (QED) is 0.591. The van der Waals surface area contributed by atoms with Crippen molar-refractivity contribution in [3.8, 4) is 5.75 Å². The summed E-state index contributed by atoms with van der Waals surface area (Å²) >= 11 is 0. The molecule has 0 saturated carbocycles. The average Bonchev–Trinajstić information content (AvgIpc) is 2.59. The normalized spacial score (nSPS) is 22.8. The van der Waals surface area contributed by atoms with E-state index in [-0.39, 0.29) is 12.2 Å². The minimum absolute atomic E-state index is 0.104. The largest absolute Gasteiger partial charge is 0.540 e. The van der Waals surface area contributed by atoms with Gasteiger partial charge in [0.05, 0.1) is 5.56 Å². The number of halogens is 4. The molecule has 5 amide bonds. The fourth-order valence-corrected chi connectivity index (χ4v) is 2.83. The molecule has 2 aliphatic heterocycles. The maximum atomic E-state index is 13.8. The molecule has 2 aliphatic rings. The lowest BCUT2D eigenvalue weighted by Gasteiger charge is -2.33. The number of ether oxygens (including phenoxy) is 2. The molecule has 0 aromatic heterocycles. The number of hydrogen-bond donors (Lipinski definition) is 1. The van der Waals surface area contributed by atoms with Crippen molar-refractivity contribution in [2.75, 3.05) is 18.9 Å². The van der Waals surface area contributed by atoms with Crippen LogP contribution in [-0.2, 0) is 25.2 Å². The second-order valence-corrected chi connectivity index (χ2v) is 6.08. The minimum atomic E-state index is -4.55. The van der Waals surface area contributed by atoms with Crippen molar-refractivity contribution in [3.05, 3.63) is 23.8 Å². The van der Waals surface area contributed by atoms with E-state index in [0.29, 0.717) is 15.9 Å². The first-order valence-electron chi connectivity index (χ1n) is 8.11. The van der Waals surface area contributed by atoms with Crippen LogP contribution >= 0.6 is 0 Å². The van der Waals surface area contributed by atoms with Crippen molar-refractivity contribution < 1.29 is 46.2 Å². The second kappa shape index (κ2) is 6.69. The first kappa shape index (κ1) is 20.5. The van der Waals surface area contributed by atoms with Crippen molar-refractivity contribution in [1.82, 2.24) is 9.80 Å². The van der Waals surface area contributed by atoms with Crippen molar-refractivity contribution in [2.24, 2.45) is 5.92 Å². The summed E-state index contributed by atoms with van der Waals surface area (Å²) in [5, 5.41) is 2.08. The van der Waals surface area contributed by atoms with Crippen LogP contribution in [0.4, 0.5) is 28.0 Å². The second-order valence-electron chi connectivity index (χ2n) is 6.08. The number of amides is 5. The van der Waals surface area contributed by atoms with Crippen LogP contribution in [-0.4, -0.2) is 53.4 Å². The number of carbonyl (C=O) groups excluding carboxylic acids is 4. The van der Waals surface area contributed by atoms with Crippen LogP contribution in [0.5, 0.6) is 5.75 Å². The van der Waals surface area contributed by atoms with Crippen LogP contribution in [0, 0.1) is 5.92 Å². The lowest BCUT2D eigenvalue weighted by molar-refractivity contribution is -0.461. The van der Waals surface area contributed by atoms with Crippen LogP contribution in [0.3, 0.4) is 0 Å². The zero-order valence-electron chi connectivity index (χ0n) is 14.9. The maximum Gasteiger partial charge on any atom is 0.540 e. The third-order valence-corrected chi connectivity index (χ3v) is 4.22. The van der Waals surface area contributed by atoms with Gasteiger partial charge >= 0.3 is 18.4 Å². The highest BCUT2D eigenvalue weighted by Gasteiger charge is 2.54. The monoisotopic (exact) mass is 419 g/mol. The van der Waals surface area contributed by atoms with Crippen LogP contribution in [0.25, 0.3) is 0 Å². The lowest BCUT2D eigenvalue weighted by atomic mass is 10.0. The van der Waals surface area contributed by atoms with E-state index in [2.05, 4.69) is 14.8 Å². The van der Waals surface area contributed by atoms with E-state index >= 15 is 0 Å². The Labute approximate surface area is 160 Å². The van der Waals surface area contributed by atoms with Gasteiger partial charge < -0.3 is 10.1 Å². The third kappa shape index (κ3) is 3.48. The number of benzene rings is 1. The number of urea groups is 1. The summed E-state index contributed by atoms with van der Waals surface area (Å²) in [5.74, 6) is -6.17. The number of nitrogens with zero attached hydrogens (tertiary/aromatic N) is 2. The SMILES string of the molecule is CCN1C(=O)C(C(=O)Nc2ccc3c(c2)C(F)(F)OC(F)(F)O3)C(=O)N(C)C1=O. The van der Waals surface area contributed by atoms with Crippen molar-refractivity contribution in [1.29, 1.82) is 0 Å². The number of barbiturate groups is 1. The molecule has 1 saturated heterocycles. The molecule has 1 aromatic carbocycles. The summed E-state index contributed by atoms with van der Waals surface area (Å²) in [6.45, 7) is 1.35. The zero-order valence-corrected chi connectivity index (χ0v) is 14.9. The molecule has 1 N–H and O–H groups in total. The highest BCUT2D eigenvalue weighted by atomic mass is 19.3. The molecule has 2 heterocycles. The van der Waals surface area contributed by atoms with Gasteiger partial charge in [-0.2, -0.15) is 8.78 Å². The molecule has 0 bridgehead atoms. The van der Waals surface area contributed by atoms with Gasteiger partial charge in [0.2, 0.25) is 5.91 Å². The molecule has 1 aromatic rings. The molecule has 0 aliphatic carbocycles. The smallest absolute Gasteiger partial charge is 0.409 e. The van der Waals surface area contributed by atoms with E-state index in [4.69, 9.17) is 0 Å². The van der Waals surface area contributed by atoms with E-state index < -0.39 is 53.4 Å². The Morgan fingerprint density at radius 1 is 1.17 bits per heavy atom. The number of rotatable bonds is 3. The Morgan fingerprint density at radius 2 is 1.83 bits per heavy atom. The molecule has 0 spiro atoms. The average molecular weight is 419 g/mol. The Morgan fingerprint density at radius 3 is 2.45 bits per heavy atom. The Kier molecular flexibility index (Phi) is 4.73. The molecule has 0 radical (unpaired) electrons. The lowest BCUT2D eigenvalue weighted by Crippen LogP contribution is -2.60. The Bertz CT molecular complexity index is 922. The van der Waals surface area contributed by atoms with Gasteiger partial charge in [0.15, 0.2) is 5.92 Å². The number of fused-ring (bicyclic) bond motifs is 1. The van der Waals surface area contributed by atoms with E-state index in [1.165, 1.54) is 6.92 Å². The molecule has 3 rings (SSSR count). The van der Waals surface area contributed by atoms with Crippen molar-refractivity contribution in [2.45, 2.75) is 19.3 Å². The number of alkyl halides is 4. The number of nitrogens with one attached hydrogen (secondary N) is 1. The van der Waals surface area contributed by atoms with Crippen LogP contribution in [0.15, 0.2) is 18.2 Å². The predicted octanol–water partition coefficient (Wildman–Crippen LogP) is 1.69. The van der Waals surface area contributed by atoms with Gasteiger partial charge in [-0.1, -0.05) is 0 Å². The Balaban J connectivity index is 1.87. The molecule has 1 unspecified atom stereocenters. The molecular weight excluding hydrogens is 406 g/mol. The van der Waals surface area contributed by atoms with E-state index in [0.717, 1.165) is 19.2 Å². The fraction of sp³-hybridized carbons (Fsp3) is 0.375. The van der Waals surface area contributed by atoms with Crippen LogP contribution in [0.1, 0.15) is 12.5 Å². The number of hydrogen-bond acceptors (Lipinski definition) is 6. The zero-order chi connectivity index (χ0) is 21.7. The van der Waals surface area contributed by atoms with Gasteiger partial charge in [0.1, 0.15) is 5.75 Å². The summed E-state index contributed by atoms with van der Waals surface area (Å²) in [4.78, 5) is 50.1. The van der Waals surface area contributed by atoms with Crippen LogP contribution < -0.4 is 10.1 Å². The standard InChI is InChI=1S/C16H13F4N3O6/c1-3-23-13(26)10(12(25)22(2)14(23)27)11(24)21-7-4-5-9-8(6-7)15(17,18)29-16(19,20)28-9/h4-6,10H,3H2,1-2H3,(H,21,24). The van der Waals surface area contributed by atoms with Crippen molar-refractivity contribution in [3.63, 3.8) is 0 Å². The van der Waals surface area contributed by atoms with Gasteiger partial charge in [-0.15, -0.1) is 8.78 Å². The number of anilines is 1. The molecule has 13 heteroatoms. The first-order chi connectivity index (χ1) is 13.4. The predicted molar refractivity (Wildman–Crippen MR) is 84.7 cm³/mol. The molecule has 9 nitrogen and oxygen atoms in total. The van der Waals surface area contributed by atoms with Crippen LogP contribution in [0.2, 0.25) is 0 Å². The van der Waals surface area contributed by atoms with Crippen molar-refractivity contribution >= 4 is 29.4 Å². The van der Waals surface area contributed by atoms with Gasteiger partial charge in [-0.25, -0.2) is 9.53 Å². The number of imide groups is 2. The summed E-state index contributed by atoms with van der Waals surface area (Å²) < 4.78 is 61.1. The van der Waals surface area contributed by atoms with Gasteiger partial charge in [0.25, 0.3) is 11.8 Å². The minimum Gasteiger partial charge on any atom is -0.409 e. The summed E-state index contributed by atoms with van der Waals surface area (Å²) in [6, 6.07) is 1.40. The summed E-state index contributed by atoms with van der Waals surface area (Å²) in [6.07, 6.45) is -8.98. The third-order valence-electron chi connectivity index (χ3n) is 4.22. The fourth-order valence-electron chi connectivity index (χ4n) is 2.83. The highest BCUT2D eigenvalue weighted by Crippen LogP contribution is 2.46. The van der Waals surface area contributed by atoms with E-state index in [9.17, 15) is 36.7 Å². The first-order valence-corrected chi connectivity index (χ1v) is 8.11. The number of carbonyl (C=O) groups is 4. The molecule has 29 heavy (non-hydrogen) atoms. The summed E-state index contributed by atoms with van der Waals surface area (Å²) in [5.41, 5.74) is -1.43. The van der Waals surface area contributed by atoms with Gasteiger partial charge in [-0.3, -0.25) is 24.2 Å². The summed E-state index contributed by atoms with van der Waals surface area (Å²) in [7, 11) is 1.08. The maximum absolute atomic E-state index is 13.8. The van der Waals surface area contributed by atoms with E-state index in [1.807, 2.05) is 0 Å². The van der Waals surface area contributed by atoms with Gasteiger partial charge in [-0.05, 0) is 25.1 Å². The molecule has 1 atom stereocenters. The topological polar surface area (TPSA) is 105 Å². The molecule has 156 valence electrons. The molecular formula is C16H13F4N3O6. The highest BCUT2D eigenvalue weighted by molar-refractivity contribution is 6.28. The Hall–Kier alpha value is -3.22. The van der Waals surface area contributed by atoms with Gasteiger partial charge in [0, 0.05) is 19.3 Å². The van der Waals surface area contributed by atoms with E-state index in [1.54, 1.807) is 0 Å². The molecule has 1 fully saturated rings.